The van der Waals surface area contributed by atoms with Gasteiger partial charge in [0.2, 0.25) is 0 Å². The van der Waals surface area contributed by atoms with Crippen molar-refractivity contribution in [3.63, 3.8) is 0 Å². The normalized spacial score (nSPS) is 16.6. The molecule has 4 nitrogen and oxygen atoms in total. The van der Waals surface area contributed by atoms with Gasteiger partial charge < -0.3 is 5.73 Å². The summed E-state index contributed by atoms with van der Waals surface area (Å²) in [6.45, 7) is 0. The molecule has 0 amide bonds. The Hall–Kier alpha value is -1.97. The van der Waals surface area contributed by atoms with Gasteiger partial charge in [-0.15, -0.1) is 0 Å². The highest BCUT2D eigenvalue weighted by Crippen LogP contribution is 2.24. The Kier molecular flexibility index (Phi) is 2.06. The molecule has 0 aliphatic heterocycles. The van der Waals surface area contributed by atoms with Gasteiger partial charge in [-0.2, -0.15) is 0 Å². The van der Waals surface area contributed by atoms with Crippen molar-refractivity contribution >= 4 is 16.9 Å². The quantitative estimate of drug-likeness (QED) is 0.606. The molecule has 1 aromatic heterocycles. The van der Waals surface area contributed by atoms with Crippen LogP contribution in [0.2, 0.25) is 0 Å². The van der Waals surface area contributed by atoms with Crippen LogP contribution in [0.5, 0.6) is 0 Å². The number of nitrogens with two attached hydrogens (primary N) is 1. The van der Waals surface area contributed by atoms with Gasteiger partial charge >= 0.3 is 0 Å². The Morgan fingerprint density at radius 1 is 1.19 bits per heavy atom. The number of aromatic nitrogens is 2. The zero-order valence-corrected chi connectivity index (χ0v) is 8.80. The predicted octanol–water partition coefficient (Wildman–Crippen LogP) is 1.50. The van der Waals surface area contributed by atoms with Crippen molar-refractivity contribution in [1.82, 2.24) is 9.97 Å². The molecule has 1 aliphatic rings. The summed E-state index contributed by atoms with van der Waals surface area (Å²) in [6, 6.07) is 6.24. The lowest BCUT2D eigenvalue weighted by molar-refractivity contribution is 1.06. The van der Waals surface area contributed by atoms with E-state index in [0.29, 0.717) is 11.9 Å². The van der Waals surface area contributed by atoms with Crippen molar-refractivity contribution in [2.45, 2.75) is 18.9 Å². The van der Waals surface area contributed by atoms with Crippen LogP contribution < -0.4 is 5.73 Å². The molecule has 0 radical (unpaired) electrons. The molecule has 1 saturated carbocycles. The summed E-state index contributed by atoms with van der Waals surface area (Å²) < 4.78 is 0. The van der Waals surface area contributed by atoms with E-state index in [1.54, 1.807) is 12.4 Å². The second kappa shape index (κ2) is 3.56. The summed E-state index contributed by atoms with van der Waals surface area (Å²) in [5.41, 5.74) is 8.59. The van der Waals surface area contributed by atoms with Crippen molar-refractivity contribution < 1.29 is 0 Å². The lowest BCUT2D eigenvalue weighted by Gasteiger charge is -2.02. The third kappa shape index (κ3) is 1.74. The Morgan fingerprint density at radius 2 is 1.94 bits per heavy atom. The highest BCUT2D eigenvalue weighted by molar-refractivity contribution is 6.00. The van der Waals surface area contributed by atoms with E-state index < -0.39 is 0 Å². The van der Waals surface area contributed by atoms with Gasteiger partial charge in [-0.25, -0.2) is 0 Å². The molecule has 0 saturated heterocycles. The molecule has 0 atom stereocenters. The van der Waals surface area contributed by atoms with Gasteiger partial charge in [0.15, 0.2) is 0 Å². The van der Waals surface area contributed by atoms with E-state index in [9.17, 15) is 0 Å². The molecular weight excluding hydrogens is 200 g/mol. The first kappa shape index (κ1) is 9.27. The summed E-state index contributed by atoms with van der Waals surface area (Å²) in [7, 11) is 0. The standard InChI is InChI=1S/C12H12N4/c13-12(16-9-2-3-9)8-1-4-10-11(7-8)15-6-5-14-10/h1,4-7,9H,2-3H2,(H2,13,16). The van der Waals surface area contributed by atoms with Crippen LogP contribution in [0.25, 0.3) is 11.0 Å². The third-order valence-corrected chi connectivity index (χ3v) is 2.63. The van der Waals surface area contributed by atoms with E-state index in [1.165, 1.54) is 0 Å². The number of hydrogen-bond acceptors (Lipinski definition) is 3. The lowest BCUT2D eigenvalue weighted by atomic mass is 10.2. The summed E-state index contributed by atoms with van der Waals surface area (Å²) in [4.78, 5) is 12.9. The molecule has 3 rings (SSSR count). The summed E-state index contributed by atoms with van der Waals surface area (Å²) in [6.07, 6.45) is 5.69. The number of benzene rings is 1. The molecular formula is C12H12N4. The van der Waals surface area contributed by atoms with Crippen LogP contribution in [-0.2, 0) is 0 Å². The second-order valence-corrected chi connectivity index (χ2v) is 4.01. The minimum absolute atomic E-state index is 0.442. The van der Waals surface area contributed by atoms with Crippen LogP contribution in [0, 0.1) is 0 Å². The minimum Gasteiger partial charge on any atom is -0.383 e. The van der Waals surface area contributed by atoms with Gasteiger partial charge in [0, 0.05) is 18.0 Å². The maximum absolute atomic E-state index is 5.93. The average Bonchev–Trinajstić information content (AvgIpc) is 3.12. The van der Waals surface area contributed by atoms with Crippen LogP contribution in [-0.4, -0.2) is 21.8 Å². The largest absolute Gasteiger partial charge is 0.383 e. The SMILES string of the molecule is NC(=NC1CC1)c1ccc2nccnc2c1. The van der Waals surface area contributed by atoms with Crippen molar-refractivity contribution in [2.24, 2.45) is 10.7 Å². The van der Waals surface area contributed by atoms with Crippen molar-refractivity contribution in [1.29, 1.82) is 0 Å². The topological polar surface area (TPSA) is 64.2 Å². The van der Waals surface area contributed by atoms with E-state index in [1.807, 2.05) is 18.2 Å². The third-order valence-electron chi connectivity index (χ3n) is 2.63. The Balaban J connectivity index is 2.03. The first-order valence-electron chi connectivity index (χ1n) is 5.37. The Morgan fingerprint density at radius 3 is 2.69 bits per heavy atom. The maximum atomic E-state index is 5.93. The van der Waals surface area contributed by atoms with Gasteiger partial charge in [0.1, 0.15) is 5.84 Å². The Labute approximate surface area is 93.2 Å². The number of hydrogen-bond donors (Lipinski definition) is 1. The number of aliphatic imine (C=N–C) groups is 1. The molecule has 16 heavy (non-hydrogen) atoms. The van der Waals surface area contributed by atoms with Crippen LogP contribution in [0.1, 0.15) is 18.4 Å². The molecule has 2 N–H and O–H groups in total. The van der Waals surface area contributed by atoms with Gasteiger partial charge in [-0.3, -0.25) is 15.0 Å². The molecule has 0 unspecified atom stereocenters. The molecule has 2 aromatic rings. The fraction of sp³-hybridized carbons (Fsp3) is 0.250. The second-order valence-electron chi connectivity index (χ2n) is 4.01. The van der Waals surface area contributed by atoms with E-state index in [2.05, 4.69) is 15.0 Å². The fourth-order valence-corrected chi connectivity index (χ4v) is 1.60. The summed E-state index contributed by atoms with van der Waals surface area (Å²) >= 11 is 0. The smallest absolute Gasteiger partial charge is 0.125 e. The van der Waals surface area contributed by atoms with Gasteiger partial charge in [-0.05, 0) is 31.0 Å². The van der Waals surface area contributed by atoms with Crippen molar-refractivity contribution in [3.05, 3.63) is 36.2 Å². The average molecular weight is 212 g/mol. The van der Waals surface area contributed by atoms with Gasteiger partial charge in [-0.1, -0.05) is 0 Å². The first-order chi connectivity index (χ1) is 7.83. The zero-order chi connectivity index (χ0) is 11.0. The molecule has 0 spiro atoms. The minimum atomic E-state index is 0.442. The molecule has 1 heterocycles. The maximum Gasteiger partial charge on any atom is 0.125 e. The molecule has 4 heteroatoms. The predicted molar refractivity (Wildman–Crippen MR) is 63.3 cm³/mol. The molecule has 1 aliphatic carbocycles. The fourth-order valence-electron chi connectivity index (χ4n) is 1.60. The number of rotatable bonds is 2. The zero-order valence-electron chi connectivity index (χ0n) is 8.80. The summed E-state index contributed by atoms with van der Waals surface area (Å²) in [5.74, 6) is 0.607. The molecule has 0 bridgehead atoms. The van der Waals surface area contributed by atoms with Gasteiger partial charge in [0.25, 0.3) is 0 Å². The number of amidine groups is 1. The number of nitrogens with zero attached hydrogens (tertiary/aromatic N) is 3. The van der Waals surface area contributed by atoms with Crippen LogP contribution in [0.3, 0.4) is 0 Å². The lowest BCUT2D eigenvalue weighted by Crippen LogP contribution is -2.14. The van der Waals surface area contributed by atoms with E-state index >= 15 is 0 Å². The molecule has 1 aromatic carbocycles. The molecule has 80 valence electrons. The van der Waals surface area contributed by atoms with E-state index in [4.69, 9.17) is 5.73 Å². The van der Waals surface area contributed by atoms with E-state index in [0.717, 1.165) is 29.4 Å². The van der Waals surface area contributed by atoms with E-state index in [-0.39, 0.29) is 0 Å². The summed E-state index contributed by atoms with van der Waals surface area (Å²) in [5, 5.41) is 0. The van der Waals surface area contributed by atoms with Crippen LogP contribution in [0.15, 0.2) is 35.6 Å². The first-order valence-corrected chi connectivity index (χ1v) is 5.37. The van der Waals surface area contributed by atoms with Crippen LogP contribution in [0.4, 0.5) is 0 Å². The van der Waals surface area contributed by atoms with Crippen molar-refractivity contribution in [2.75, 3.05) is 0 Å². The van der Waals surface area contributed by atoms with Gasteiger partial charge in [0.05, 0.1) is 17.1 Å². The van der Waals surface area contributed by atoms with Crippen LogP contribution >= 0.6 is 0 Å². The highest BCUT2D eigenvalue weighted by atomic mass is 14.9. The molecule has 1 fully saturated rings. The number of fused-ring (bicyclic) bond motifs is 1. The monoisotopic (exact) mass is 212 g/mol. The van der Waals surface area contributed by atoms with Crippen molar-refractivity contribution in [3.8, 4) is 0 Å². The highest BCUT2D eigenvalue weighted by Gasteiger charge is 2.20. The Bertz CT molecular complexity index is 558.